The van der Waals surface area contributed by atoms with E-state index < -0.39 is 15.1 Å². The van der Waals surface area contributed by atoms with Crippen molar-refractivity contribution in [2.45, 2.75) is 96.4 Å². The van der Waals surface area contributed by atoms with E-state index in [2.05, 4.69) is 20.8 Å². The molecule has 0 aromatic carbocycles. The van der Waals surface area contributed by atoms with Crippen molar-refractivity contribution in [1.82, 2.24) is 0 Å². The van der Waals surface area contributed by atoms with Crippen LogP contribution < -0.4 is 0 Å². The largest absolute Gasteiger partial charge is 0.905 e. The summed E-state index contributed by atoms with van der Waals surface area (Å²) in [6.07, 6.45) is 6.76. The maximum atomic E-state index is 5.67. The Labute approximate surface area is 143 Å². The average Bonchev–Trinajstić information content (AvgIpc) is 2.29. The van der Waals surface area contributed by atoms with Gasteiger partial charge in [0.05, 0.1) is 0 Å². The summed E-state index contributed by atoms with van der Waals surface area (Å²) < 4.78 is 17.0. The molecule has 0 aliphatic heterocycles. The monoisotopic (exact) mass is 326 g/mol. The summed E-state index contributed by atoms with van der Waals surface area (Å²) >= 11 is -1.83. The predicted octanol–water partition coefficient (Wildman–Crippen LogP) is 6.60. The molecule has 0 rings (SSSR count). The minimum atomic E-state index is -1.83. The second-order valence-corrected chi connectivity index (χ2v) is 5.54. The molecule has 0 amide bonds. The van der Waals surface area contributed by atoms with E-state index in [1.807, 2.05) is 0 Å². The Morgan fingerprint density at radius 1 is 0.524 bits per heavy atom. The molecule has 0 aliphatic carbocycles. The molecule has 0 fully saturated rings. The fourth-order valence-corrected chi connectivity index (χ4v) is 2.48. The van der Waals surface area contributed by atoms with E-state index in [9.17, 15) is 0 Å². The first kappa shape index (κ1) is 37.6. The zero-order chi connectivity index (χ0) is 12.1. The first-order chi connectivity index (χ1) is 7.85. The number of hydrogen-bond acceptors (Lipinski definition) is 3. The van der Waals surface area contributed by atoms with Crippen LogP contribution in [0.15, 0.2) is 0 Å². The zero-order valence-corrected chi connectivity index (χ0v) is 12.3. The van der Waals surface area contributed by atoms with Gasteiger partial charge in [0.25, 0.3) is 0 Å². The van der Waals surface area contributed by atoms with Crippen LogP contribution in [0, 0.1) is 0 Å². The van der Waals surface area contributed by atoms with E-state index in [-0.39, 0.29) is 37.1 Å². The molecule has 4 heteroatoms. The Balaban J connectivity index is -0.000000112. The van der Waals surface area contributed by atoms with Crippen LogP contribution in [0.4, 0.5) is 0 Å². The van der Waals surface area contributed by atoms with Crippen molar-refractivity contribution in [3.63, 3.8) is 0 Å². The van der Waals surface area contributed by atoms with Crippen LogP contribution in [-0.2, 0) is 11.4 Å². The quantitative estimate of drug-likeness (QED) is 0.298. The molecule has 0 atom stereocenters. The lowest BCUT2D eigenvalue weighted by Gasteiger charge is -2.13. The Bertz CT molecular complexity index is 111. The van der Waals surface area contributed by atoms with E-state index in [1.165, 1.54) is 0 Å². The van der Waals surface area contributed by atoms with Gasteiger partial charge in [0, 0.05) is 19.8 Å². The molecule has 136 valence electrons. The molecule has 0 saturated carbocycles. The van der Waals surface area contributed by atoms with Crippen LogP contribution in [0.25, 0.3) is 0 Å². The van der Waals surface area contributed by atoms with Crippen molar-refractivity contribution in [2.24, 2.45) is 0 Å². The summed E-state index contributed by atoms with van der Waals surface area (Å²) in [5, 5.41) is 0. The van der Waals surface area contributed by atoms with Gasteiger partial charge in [0.2, 0.25) is 0 Å². The summed E-state index contributed by atoms with van der Waals surface area (Å²) in [4.78, 5) is 0. The molecule has 0 spiro atoms. The Morgan fingerprint density at radius 3 is 0.952 bits per heavy atom. The van der Waals surface area contributed by atoms with E-state index in [1.54, 1.807) is 0 Å². The van der Waals surface area contributed by atoms with Gasteiger partial charge in [-0.25, -0.2) is 0 Å². The number of rotatable bonds is 12. The standard InChI is InChI=1S/3C4H9O.5CH4.Al/c3*1-2-3-4-5;;;;;;/h3*2-4H2,1H3;5*1H4;/q3*-1;;;;;;+3. The van der Waals surface area contributed by atoms with Gasteiger partial charge in [-0.3, -0.25) is 0 Å². The molecule has 3 nitrogen and oxygen atoms in total. The lowest BCUT2D eigenvalue weighted by molar-refractivity contribution is 0.0899. The highest BCUT2D eigenvalue weighted by Gasteiger charge is 2.30. The van der Waals surface area contributed by atoms with Gasteiger partial charge in [-0.15, -0.1) is 0 Å². The molecule has 0 heterocycles. The molecule has 0 N–H and O–H groups in total. The molecular formula is C17H47AlO3. The smallest absolute Gasteiger partial charge is 0.454 e. The van der Waals surface area contributed by atoms with Crippen LogP contribution in [0.1, 0.15) is 96.4 Å². The Kier molecular flexibility index (Phi) is 57.9. The van der Waals surface area contributed by atoms with Crippen molar-refractivity contribution in [1.29, 1.82) is 0 Å². The highest BCUT2D eigenvalue weighted by atomic mass is 27.3. The highest BCUT2D eigenvalue weighted by molar-refractivity contribution is 6.36. The third-order valence-corrected chi connectivity index (χ3v) is 3.78. The summed E-state index contributed by atoms with van der Waals surface area (Å²) in [6, 6.07) is 0. The lowest BCUT2D eigenvalue weighted by Crippen LogP contribution is -2.28. The summed E-state index contributed by atoms with van der Waals surface area (Å²) in [7, 11) is 0. The second kappa shape index (κ2) is 32.4. The third kappa shape index (κ3) is 29.1. The van der Waals surface area contributed by atoms with E-state index in [4.69, 9.17) is 11.4 Å². The van der Waals surface area contributed by atoms with E-state index >= 15 is 0 Å². The van der Waals surface area contributed by atoms with Crippen LogP contribution in [-0.4, -0.2) is 35.0 Å². The molecule has 0 bridgehead atoms. The van der Waals surface area contributed by atoms with Gasteiger partial charge >= 0.3 is 15.1 Å². The molecule has 0 radical (unpaired) electrons. The maximum absolute atomic E-state index is 5.67. The van der Waals surface area contributed by atoms with Gasteiger partial charge < -0.3 is 11.4 Å². The van der Waals surface area contributed by atoms with E-state index in [0.29, 0.717) is 0 Å². The predicted molar refractivity (Wildman–Crippen MR) is 102 cm³/mol. The molecule has 0 aliphatic rings. The van der Waals surface area contributed by atoms with Gasteiger partial charge in [0.15, 0.2) is 0 Å². The Morgan fingerprint density at radius 2 is 0.762 bits per heavy atom. The normalized spacial score (nSPS) is 8.14. The summed E-state index contributed by atoms with van der Waals surface area (Å²) in [5.41, 5.74) is 0. The third-order valence-electron chi connectivity index (χ3n) is 2.26. The average molecular weight is 327 g/mol. The number of hydrogen-bond donors (Lipinski definition) is 0. The van der Waals surface area contributed by atoms with Crippen molar-refractivity contribution < 1.29 is 11.4 Å². The van der Waals surface area contributed by atoms with Gasteiger partial charge in [-0.05, 0) is 19.3 Å². The summed E-state index contributed by atoms with van der Waals surface area (Å²) in [6.45, 7) is 8.84. The molecule has 0 saturated heterocycles. The topological polar surface area (TPSA) is 27.7 Å². The molecule has 0 unspecified atom stereocenters. The minimum Gasteiger partial charge on any atom is -0.454 e. The molecule has 0 aromatic heterocycles. The van der Waals surface area contributed by atoms with Gasteiger partial charge in [-0.1, -0.05) is 77.2 Å². The molecule has 0 aromatic rings. The SMILES string of the molecule is C.C.C.C.C.CCCC[O][Al]([O]CCCC)[O]CCCC. The van der Waals surface area contributed by atoms with Gasteiger partial charge in [-0.2, -0.15) is 0 Å². The Hall–Kier alpha value is 0.412. The fourth-order valence-electron chi connectivity index (χ4n) is 1.12. The first-order valence-electron chi connectivity index (χ1n) is 6.69. The fraction of sp³-hybridized carbons (Fsp3) is 1.00. The van der Waals surface area contributed by atoms with Crippen molar-refractivity contribution >= 4 is 15.1 Å². The maximum Gasteiger partial charge on any atom is 0.905 e. The first-order valence-corrected chi connectivity index (χ1v) is 8.11. The van der Waals surface area contributed by atoms with Gasteiger partial charge in [0.1, 0.15) is 0 Å². The lowest BCUT2D eigenvalue weighted by atomic mass is 10.4. The molecule has 21 heavy (non-hydrogen) atoms. The van der Waals surface area contributed by atoms with Crippen LogP contribution in [0.5, 0.6) is 0 Å². The van der Waals surface area contributed by atoms with Crippen LogP contribution in [0.3, 0.4) is 0 Å². The van der Waals surface area contributed by atoms with Crippen molar-refractivity contribution in [2.75, 3.05) is 19.8 Å². The molecular weight excluding hydrogens is 279 g/mol. The summed E-state index contributed by atoms with van der Waals surface area (Å²) in [5.74, 6) is 0. The minimum absolute atomic E-state index is 0. The van der Waals surface area contributed by atoms with E-state index in [0.717, 1.165) is 58.3 Å². The van der Waals surface area contributed by atoms with Crippen molar-refractivity contribution in [3.8, 4) is 0 Å². The number of unbranched alkanes of at least 4 members (excludes halogenated alkanes) is 3. The van der Waals surface area contributed by atoms with Crippen molar-refractivity contribution in [3.05, 3.63) is 0 Å². The zero-order valence-electron chi connectivity index (χ0n) is 11.2. The highest BCUT2D eigenvalue weighted by Crippen LogP contribution is 2.00. The van der Waals surface area contributed by atoms with Crippen LogP contribution in [0.2, 0.25) is 0 Å². The second-order valence-electron chi connectivity index (χ2n) is 3.96. The van der Waals surface area contributed by atoms with Crippen LogP contribution >= 0.6 is 0 Å².